The molecule has 9 nitrogen and oxygen atoms in total. The van der Waals surface area contributed by atoms with Gasteiger partial charge in [-0.25, -0.2) is 14.2 Å². The average Bonchev–Trinajstić information content (AvgIpc) is 3.04. The van der Waals surface area contributed by atoms with Gasteiger partial charge in [-0.05, 0) is 13.0 Å². The zero-order valence-electron chi connectivity index (χ0n) is 12.3. The van der Waals surface area contributed by atoms with Crippen LogP contribution in [-0.2, 0) is 10.2 Å². The number of aromatic nitrogens is 5. The smallest absolute Gasteiger partial charge is 0.268 e. The van der Waals surface area contributed by atoms with Gasteiger partial charge in [-0.15, -0.1) is 0 Å². The predicted molar refractivity (Wildman–Crippen MR) is 81.1 cm³/mol. The van der Waals surface area contributed by atoms with E-state index >= 15 is 0 Å². The first kappa shape index (κ1) is 14.5. The van der Waals surface area contributed by atoms with Crippen LogP contribution in [0.2, 0.25) is 0 Å². The Bertz CT molecular complexity index is 926. The highest BCUT2D eigenvalue weighted by molar-refractivity contribution is 7.90. The highest BCUT2D eigenvalue weighted by atomic mass is 32.2. The summed E-state index contributed by atoms with van der Waals surface area (Å²) in [5.74, 6) is 0. The molecule has 3 rings (SSSR count). The van der Waals surface area contributed by atoms with Crippen molar-refractivity contribution in [2.75, 3.05) is 18.8 Å². The minimum Gasteiger partial charge on any atom is -0.268 e. The van der Waals surface area contributed by atoms with Crippen molar-refractivity contribution in [2.24, 2.45) is 0 Å². The Balaban J connectivity index is 1.98. The maximum Gasteiger partial charge on any atom is 0.301 e. The van der Waals surface area contributed by atoms with Crippen LogP contribution in [0.1, 0.15) is 5.69 Å². The van der Waals surface area contributed by atoms with Crippen LogP contribution < -0.4 is 4.72 Å². The van der Waals surface area contributed by atoms with Gasteiger partial charge in [0.05, 0.1) is 24.3 Å². The molecule has 0 saturated carbocycles. The van der Waals surface area contributed by atoms with E-state index in [-0.39, 0.29) is 0 Å². The van der Waals surface area contributed by atoms with Gasteiger partial charge in [-0.2, -0.15) is 22.9 Å². The van der Waals surface area contributed by atoms with E-state index in [1.54, 1.807) is 23.1 Å². The van der Waals surface area contributed by atoms with Gasteiger partial charge in [0, 0.05) is 26.0 Å². The number of fused-ring (bicyclic) bond motifs is 1. The minimum absolute atomic E-state index is 0.362. The van der Waals surface area contributed by atoms with Crippen molar-refractivity contribution in [3.05, 3.63) is 36.5 Å². The monoisotopic (exact) mass is 321 g/mol. The highest BCUT2D eigenvalue weighted by Gasteiger charge is 2.15. The Hall–Kier alpha value is -2.46. The maximum atomic E-state index is 11.8. The minimum atomic E-state index is -3.56. The predicted octanol–water partition coefficient (Wildman–Crippen LogP) is 0.442. The number of nitrogens with one attached hydrogen (secondary N) is 1. The van der Waals surface area contributed by atoms with Gasteiger partial charge >= 0.3 is 10.2 Å². The molecule has 3 aromatic rings. The van der Waals surface area contributed by atoms with Crippen LogP contribution in [0.15, 0.2) is 30.9 Å². The number of nitrogens with zero attached hydrogens (tertiary/aromatic N) is 6. The lowest BCUT2D eigenvalue weighted by Gasteiger charge is -2.11. The molecule has 0 aliphatic carbocycles. The number of rotatable bonds is 4. The molecule has 0 fully saturated rings. The second-order valence-corrected chi connectivity index (χ2v) is 6.81. The fourth-order valence-electron chi connectivity index (χ4n) is 1.86. The molecular formula is C12H15N7O2S. The zero-order valence-corrected chi connectivity index (χ0v) is 13.1. The second kappa shape index (κ2) is 5.07. The largest absolute Gasteiger partial charge is 0.301 e. The van der Waals surface area contributed by atoms with Crippen LogP contribution in [0.25, 0.3) is 11.3 Å². The van der Waals surface area contributed by atoms with Crippen LogP contribution in [-0.4, -0.2) is 51.2 Å². The summed E-state index contributed by atoms with van der Waals surface area (Å²) in [5, 5.41) is 8.35. The summed E-state index contributed by atoms with van der Waals surface area (Å²) in [5.41, 5.74) is 2.53. The molecule has 0 aliphatic heterocycles. The highest BCUT2D eigenvalue weighted by Crippen LogP contribution is 2.17. The summed E-state index contributed by atoms with van der Waals surface area (Å²) in [6.45, 7) is 1.89. The molecule has 3 heterocycles. The quantitative estimate of drug-likeness (QED) is 0.752. The number of hydrogen-bond acceptors (Lipinski definition) is 5. The molecule has 0 spiro atoms. The molecule has 3 aromatic heterocycles. The van der Waals surface area contributed by atoms with Crippen LogP contribution in [0.3, 0.4) is 0 Å². The van der Waals surface area contributed by atoms with Crippen LogP contribution >= 0.6 is 0 Å². The Morgan fingerprint density at radius 1 is 1.23 bits per heavy atom. The summed E-state index contributed by atoms with van der Waals surface area (Å²) < 4.78 is 30.3. The van der Waals surface area contributed by atoms with Crippen molar-refractivity contribution in [3.8, 4) is 5.69 Å². The standard InChI is InChI=1S/C12H15N7O2S/c1-9-4-5-18-12(15-9)11(7-14-18)19-8-10(6-13-19)16-22(20,21)17(2)3/h4-8,16H,1-3H3. The lowest BCUT2D eigenvalue weighted by molar-refractivity contribution is 0.527. The second-order valence-electron chi connectivity index (χ2n) is 4.93. The lowest BCUT2D eigenvalue weighted by atomic mass is 10.4. The maximum absolute atomic E-state index is 11.8. The fourth-order valence-corrected chi connectivity index (χ4v) is 2.44. The lowest BCUT2D eigenvalue weighted by Crippen LogP contribution is -2.28. The van der Waals surface area contributed by atoms with E-state index < -0.39 is 10.2 Å². The summed E-state index contributed by atoms with van der Waals surface area (Å²) in [7, 11) is -0.664. The van der Waals surface area contributed by atoms with Crippen molar-refractivity contribution in [1.82, 2.24) is 28.7 Å². The van der Waals surface area contributed by atoms with E-state index in [1.807, 2.05) is 13.0 Å². The van der Waals surface area contributed by atoms with Gasteiger partial charge in [-0.3, -0.25) is 4.72 Å². The molecule has 0 bridgehead atoms. The third kappa shape index (κ3) is 2.53. The first-order valence-electron chi connectivity index (χ1n) is 6.43. The Labute approximate surface area is 127 Å². The fraction of sp³-hybridized carbons (Fsp3) is 0.250. The molecule has 22 heavy (non-hydrogen) atoms. The first-order chi connectivity index (χ1) is 10.4. The summed E-state index contributed by atoms with van der Waals surface area (Å²) >= 11 is 0. The van der Waals surface area contributed by atoms with Gasteiger partial charge in [0.2, 0.25) is 0 Å². The van der Waals surface area contributed by atoms with Gasteiger partial charge in [-0.1, -0.05) is 0 Å². The summed E-state index contributed by atoms with van der Waals surface area (Å²) in [6.07, 6.45) is 6.43. The van der Waals surface area contributed by atoms with E-state index in [2.05, 4.69) is 19.9 Å². The van der Waals surface area contributed by atoms with E-state index in [0.717, 1.165) is 10.00 Å². The topological polar surface area (TPSA) is 97.4 Å². The van der Waals surface area contributed by atoms with E-state index in [0.29, 0.717) is 17.0 Å². The zero-order chi connectivity index (χ0) is 15.9. The average molecular weight is 321 g/mol. The molecule has 0 unspecified atom stereocenters. The number of anilines is 1. The van der Waals surface area contributed by atoms with Gasteiger partial charge in [0.1, 0.15) is 5.69 Å². The molecule has 1 N–H and O–H groups in total. The number of aryl methyl sites for hydroxylation is 1. The molecule has 116 valence electrons. The molecule has 10 heteroatoms. The first-order valence-corrected chi connectivity index (χ1v) is 7.87. The van der Waals surface area contributed by atoms with E-state index in [4.69, 9.17) is 0 Å². The molecule has 0 saturated heterocycles. The third-order valence-corrected chi connectivity index (χ3v) is 4.50. The van der Waals surface area contributed by atoms with Gasteiger partial charge in [0.15, 0.2) is 5.65 Å². The van der Waals surface area contributed by atoms with Crippen molar-refractivity contribution < 1.29 is 8.42 Å². The van der Waals surface area contributed by atoms with Crippen molar-refractivity contribution in [1.29, 1.82) is 0 Å². The van der Waals surface area contributed by atoms with Crippen molar-refractivity contribution >= 4 is 21.5 Å². The van der Waals surface area contributed by atoms with Crippen LogP contribution in [0.4, 0.5) is 5.69 Å². The Kier molecular flexibility index (Phi) is 3.34. The number of hydrogen-bond donors (Lipinski definition) is 1. The third-order valence-electron chi connectivity index (χ3n) is 3.05. The Morgan fingerprint density at radius 2 is 2.00 bits per heavy atom. The van der Waals surface area contributed by atoms with E-state index in [1.165, 1.54) is 25.0 Å². The molecule has 0 radical (unpaired) electrons. The molecule has 0 atom stereocenters. The molecule has 0 amide bonds. The van der Waals surface area contributed by atoms with Gasteiger partial charge in [0.25, 0.3) is 0 Å². The molecule has 0 aromatic carbocycles. The normalized spacial score (nSPS) is 12.2. The summed E-state index contributed by atoms with van der Waals surface area (Å²) in [6, 6.07) is 1.85. The molecular weight excluding hydrogens is 306 g/mol. The summed E-state index contributed by atoms with van der Waals surface area (Å²) in [4.78, 5) is 4.42. The Morgan fingerprint density at radius 3 is 2.73 bits per heavy atom. The van der Waals surface area contributed by atoms with Crippen molar-refractivity contribution in [2.45, 2.75) is 6.92 Å². The van der Waals surface area contributed by atoms with Crippen molar-refractivity contribution in [3.63, 3.8) is 0 Å². The van der Waals surface area contributed by atoms with Crippen LogP contribution in [0, 0.1) is 6.92 Å². The van der Waals surface area contributed by atoms with E-state index in [9.17, 15) is 8.42 Å². The van der Waals surface area contributed by atoms with Crippen LogP contribution in [0.5, 0.6) is 0 Å². The van der Waals surface area contributed by atoms with Gasteiger partial charge < -0.3 is 0 Å². The SMILES string of the molecule is Cc1ccn2ncc(-n3cc(NS(=O)(=O)N(C)C)cn3)c2n1. The molecule has 0 aliphatic rings.